The van der Waals surface area contributed by atoms with Crippen molar-refractivity contribution in [3.8, 4) is 0 Å². The van der Waals surface area contributed by atoms with Crippen molar-refractivity contribution in [2.45, 2.75) is 33.1 Å². The molecule has 3 nitrogen and oxygen atoms in total. The highest BCUT2D eigenvalue weighted by molar-refractivity contribution is 7.91. The molecule has 2 heterocycles. The van der Waals surface area contributed by atoms with Gasteiger partial charge in [-0.15, -0.1) is 11.3 Å². The minimum atomic E-state index is -0.739. The van der Waals surface area contributed by atoms with Gasteiger partial charge in [0.15, 0.2) is 0 Å². The van der Waals surface area contributed by atoms with Gasteiger partial charge in [0.25, 0.3) is 5.91 Å². The molecule has 19 heavy (non-hydrogen) atoms. The van der Waals surface area contributed by atoms with Crippen LogP contribution in [-0.4, -0.2) is 40.0 Å². The zero-order chi connectivity index (χ0) is 14.2. The molecule has 1 amide bonds. The van der Waals surface area contributed by atoms with E-state index >= 15 is 0 Å². The molecule has 0 radical (unpaired) electrons. The van der Waals surface area contributed by atoms with Crippen LogP contribution in [0.1, 0.15) is 40.9 Å². The van der Waals surface area contributed by atoms with Crippen LogP contribution in [0, 0.1) is 6.92 Å². The lowest BCUT2D eigenvalue weighted by Crippen LogP contribution is -2.43. The van der Waals surface area contributed by atoms with Gasteiger partial charge >= 0.3 is 0 Å². The third kappa shape index (κ3) is 3.33. The van der Waals surface area contributed by atoms with Gasteiger partial charge in [-0.1, -0.05) is 31.9 Å². The van der Waals surface area contributed by atoms with Crippen LogP contribution < -0.4 is 0 Å². The first kappa shape index (κ1) is 14.9. The fourth-order valence-electron chi connectivity index (χ4n) is 2.08. The summed E-state index contributed by atoms with van der Waals surface area (Å²) in [5.41, 5.74) is 0.903. The van der Waals surface area contributed by atoms with E-state index in [1.165, 1.54) is 4.88 Å². The van der Waals surface area contributed by atoms with Crippen LogP contribution in [0.25, 0.3) is 0 Å². The summed E-state index contributed by atoms with van der Waals surface area (Å²) in [7, 11) is 0. The van der Waals surface area contributed by atoms with Gasteiger partial charge in [-0.3, -0.25) is 4.79 Å². The van der Waals surface area contributed by atoms with Crippen LogP contribution >= 0.6 is 11.3 Å². The van der Waals surface area contributed by atoms with Crippen LogP contribution in [-0.2, 0) is 16.6 Å². The highest BCUT2D eigenvalue weighted by Crippen LogP contribution is 2.32. The van der Waals surface area contributed by atoms with Gasteiger partial charge in [-0.05, 0) is 18.4 Å². The number of amides is 1. The minimum Gasteiger partial charge on any atom is -0.616 e. The Balaban J connectivity index is 2.18. The third-order valence-electron chi connectivity index (χ3n) is 3.35. The van der Waals surface area contributed by atoms with Crippen molar-refractivity contribution in [3.63, 3.8) is 0 Å². The van der Waals surface area contributed by atoms with E-state index in [0.717, 1.165) is 10.4 Å². The Morgan fingerprint density at radius 3 is 2.42 bits per heavy atom. The topological polar surface area (TPSA) is 43.4 Å². The van der Waals surface area contributed by atoms with Crippen LogP contribution in [0.15, 0.2) is 6.07 Å². The second kappa shape index (κ2) is 5.46. The number of carbonyl (C=O) groups excluding carboxylic acids is 1. The monoisotopic (exact) mass is 299 g/mol. The molecule has 0 aliphatic carbocycles. The van der Waals surface area contributed by atoms with Crippen molar-refractivity contribution >= 4 is 28.4 Å². The van der Waals surface area contributed by atoms with E-state index in [1.54, 1.807) is 11.3 Å². The summed E-state index contributed by atoms with van der Waals surface area (Å²) in [5, 5.41) is 0. The number of rotatable bonds is 1. The van der Waals surface area contributed by atoms with Crippen molar-refractivity contribution in [2.24, 2.45) is 0 Å². The first-order valence-corrected chi connectivity index (χ1v) is 8.84. The Hall–Kier alpha value is -0.520. The lowest BCUT2D eigenvalue weighted by Gasteiger charge is -2.28. The summed E-state index contributed by atoms with van der Waals surface area (Å²) in [6, 6.07) is 2.04. The Labute approximate surface area is 122 Å². The summed E-state index contributed by atoms with van der Waals surface area (Å²) in [6.07, 6.45) is 0. The van der Waals surface area contributed by atoms with Crippen LogP contribution in [0.4, 0.5) is 0 Å². The number of hydrogen-bond donors (Lipinski definition) is 0. The summed E-state index contributed by atoms with van der Waals surface area (Å²) in [5.74, 6) is 1.32. The Kier molecular flexibility index (Phi) is 4.28. The lowest BCUT2D eigenvalue weighted by atomic mass is 9.94. The highest BCUT2D eigenvalue weighted by atomic mass is 32.2. The highest BCUT2D eigenvalue weighted by Gasteiger charge is 2.27. The molecular formula is C14H21NO2S2. The second-order valence-corrected chi connectivity index (χ2v) is 8.92. The fraction of sp³-hybridized carbons (Fsp3) is 0.643. The molecule has 2 rings (SSSR count). The fourth-order valence-corrected chi connectivity index (χ4v) is 4.20. The molecule has 1 aliphatic heterocycles. The number of nitrogens with zero attached hydrogens (tertiary/aromatic N) is 1. The van der Waals surface area contributed by atoms with E-state index in [4.69, 9.17) is 0 Å². The van der Waals surface area contributed by atoms with Gasteiger partial charge in [0.2, 0.25) is 0 Å². The van der Waals surface area contributed by atoms with Gasteiger partial charge in [0.1, 0.15) is 11.5 Å². The van der Waals surface area contributed by atoms with Crippen molar-refractivity contribution < 1.29 is 9.35 Å². The van der Waals surface area contributed by atoms with Crippen molar-refractivity contribution in [2.75, 3.05) is 24.6 Å². The summed E-state index contributed by atoms with van der Waals surface area (Å²) < 4.78 is 11.3. The molecule has 1 aromatic rings. The molecule has 106 valence electrons. The van der Waals surface area contributed by atoms with E-state index in [9.17, 15) is 9.35 Å². The van der Waals surface area contributed by atoms with Crippen molar-refractivity contribution in [3.05, 3.63) is 21.4 Å². The number of carbonyl (C=O) groups is 1. The van der Waals surface area contributed by atoms with Gasteiger partial charge in [0.05, 0.1) is 18.7 Å². The quantitative estimate of drug-likeness (QED) is 0.748. The molecule has 0 atom stereocenters. The molecule has 1 aliphatic rings. The Morgan fingerprint density at radius 1 is 1.37 bits per heavy atom. The molecule has 0 bridgehead atoms. The summed E-state index contributed by atoms with van der Waals surface area (Å²) in [6.45, 7) is 9.73. The average molecular weight is 299 g/mol. The van der Waals surface area contributed by atoms with Crippen LogP contribution in [0.2, 0.25) is 0 Å². The SMILES string of the molecule is Cc1sc(C(C)(C)C)cc1C(=O)N1CC[S+]([O-])CC1. The molecule has 1 aromatic heterocycles. The number of aryl methyl sites for hydroxylation is 1. The molecule has 0 unspecified atom stereocenters. The average Bonchev–Trinajstić information content (AvgIpc) is 2.71. The molecule has 0 N–H and O–H groups in total. The maximum atomic E-state index is 12.5. The van der Waals surface area contributed by atoms with Crippen molar-refractivity contribution in [1.29, 1.82) is 0 Å². The van der Waals surface area contributed by atoms with Gasteiger partial charge in [-0.25, -0.2) is 0 Å². The van der Waals surface area contributed by atoms with E-state index in [-0.39, 0.29) is 11.3 Å². The van der Waals surface area contributed by atoms with E-state index in [0.29, 0.717) is 24.6 Å². The van der Waals surface area contributed by atoms with E-state index in [1.807, 2.05) is 17.9 Å². The smallest absolute Gasteiger partial charge is 0.255 e. The lowest BCUT2D eigenvalue weighted by molar-refractivity contribution is 0.0770. The summed E-state index contributed by atoms with van der Waals surface area (Å²) in [4.78, 5) is 16.7. The Bertz CT molecular complexity index is 468. The molecule has 0 saturated carbocycles. The van der Waals surface area contributed by atoms with Crippen LogP contribution in [0.3, 0.4) is 0 Å². The van der Waals surface area contributed by atoms with Gasteiger partial charge < -0.3 is 9.45 Å². The third-order valence-corrected chi connectivity index (χ3v) is 6.10. The molecule has 0 aromatic carbocycles. The van der Waals surface area contributed by atoms with Gasteiger partial charge in [0, 0.05) is 9.75 Å². The predicted octanol–water partition coefficient (Wildman–Crippen LogP) is 2.56. The zero-order valence-electron chi connectivity index (χ0n) is 12.0. The first-order valence-electron chi connectivity index (χ1n) is 6.54. The van der Waals surface area contributed by atoms with Crippen LogP contribution in [0.5, 0.6) is 0 Å². The van der Waals surface area contributed by atoms with E-state index in [2.05, 4.69) is 20.8 Å². The maximum absolute atomic E-state index is 12.5. The zero-order valence-corrected chi connectivity index (χ0v) is 13.6. The summed E-state index contributed by atoms with van der Waals surface area (Å²) >= 11 is 0.967. The van der Waals surface area contributed by atoms with Gasteiger partial charge in [-0.2, -0.15) is 0 Å². The molecule has 5 heteroatoms. The first-order chi connectivity index (χ1) is 8.79. The molecule has 1 saturated heterocycles. The minimum absolute atomic E-state index is 0.0807. The molecular weight excluding hydrogens is 278 g/mol. The molecule has 0 spiro atoms. The van der Waals surface area contributed by atoms with Crippen molar-refractivity contribution in [1.82, 2.24) is 4.90 Å². The standard InChI is InChI=1S/C14H21NO2S2/c1-10-11(9-12(18-10)14(2,3)4)13(16)15-5-7-19(17)8-6-15/h9H,5-8H2,1-4H3. The number of thiophene rings is 1. The van der Waals surface area contributed by atoms with E-state index < -0.39 is 11.2 Å². The largest absolute Gasteiger partial charge is 0.616 e. The number of hydrogen-bond acceptors (Lipinski definition) is 3. The molecule has 1 fully saturated rings. The maximum Gasteiger partial charge on any atom is 0.255 e. The predicted molar refractivity (Wildman–Crippen MR) is 81.5 cm³/mol. The second-order valence-electron chi connectivity index (χ2n) is 5.97. The normalized spacial score (nSPS) is 17.8. The Morgan fingerprint density at radius 2 is 1.95 bits per heavy atom.